The van der Waals surface area contributed by atoms with Gasteiger partial charge >= 0.3 is 12.3 Å². The molecule has 0 saturated heterocycles. The predicted molar refractivity (Wildman–Crippen MR) is 131 cm³/mol. The van der Waals surface area contributed by atoms with Crippen molar-refractivity contribution >= 4 is 33.4 Å². The van der Waals surface area contributed by atoms with Crippen LogP contribution in [-0.4, -0.2) is 62.1 Å². The van der Waals surface area contributed by atoms with Crippen LogP contribution < -0.4 is 19.7 Å². The van der Waals surface area contributed by atoms with Gasteiger partial charge in [-0.25, -0.2) is 17.6 Å². The molecule has 2 amide bonds. The Kier molecular flexibility index (Phi) is 8.08. The third kappa shape index (κ3) is 6.89. The van der Waals surface area contributed by atoms with Crippen LogP contribution in [0.4, 0.5) is 33.7 Å². The average Bonchev–Trinajstić information content (AvgIpc) is 2.80. The van der Waals surface area contributed by atoms with Gasteiger partial charge in [-0.3, -0.25) is 14.4 Å². The van der Waals surface area contributed by atoms with Crippen molar-refractivity contribution in [2.75, 3.05) is 22.7 Å². The molecule has 3 N–H and O–H groups in total. The molecule has 3 rings (SSSR count). The number of anilines is 2. The molecule has 214 valence electrons. The third-order valence-electron chi connectivity index (χ3n) is 5.62. The van der Waals surface area contributed by atoms with E-state index in [0.29, 0.717) is 13.8 Å². The first-order chi connectivity index (χ1) is 17.8. The third-order valence-corrected chi connectivity index (χ3v) is 7.41. The Morgan fingerprint density at radius 3 is 2.28 bits per heavy atom. The number of carbonyl (C=O) groups excluding carboxylic acids is 2. The minimum absolute atomic E-state index is 0.00369. The molecule has 2 aromatic rings. The van der Waals surface area contributed by atoms with Crippen molar-refractivity contribution in [2.24, 2.45) is 0 Å². The number of hydrogen-bond donors (Lipinski definition) is 3. The highest BCUT2D eigenvalue weighted by Crippen LogP contribution is 2.39. The first kappa shape index (κ1) is 30.0. The first-order valence-electron chi connectivity index (χ1n) is 11.5. The van der Waals surface area contributed by atoms with Crippen LogP contribution in [0, 0.1) is 5.82 Å². The molecular formula is C24H27F4N3O7S. The van der Waals surface area contributed by atoms with Gasteiger partial charge in [0.15, 0.2) is 0 Å². The Labute approximate surface area is 221 Å². The SMILES string of the molecule is CC(C)(O)C(=O)NC[C@H]1CN(S(=O)(=O)c2ccc(F)cc2)c2cc(NC(=O)OC(C)(C)C(F)(F)F)ccc2O1. The molecule has 0 fully saturated rings. The Bertz CT molecular complexity index is 1340. The number of halogens is 4. The molecule has 0 saturated carbocycles. The Morgan fingerprint density at radius 1 is 1.10 bits per heavy atom. The molecule has 1 atom stereocenters. The van der Waals surface area contributed by atoms with E-state index in [-0.39, 0.29) is 35.1 Å². The van der Waals surface area contributed by atoms with Crippen LogP contribution in [0.1, 0.15) is 27.7 Å². The number of fused-ring (bicyclic) bond motifs is 1. The van der Waals surface area contributed by atoms with E-state index in [1.165, 1.54) is 26.0 Å². The molecule has 1 heterocycles. The van der Waals surface area contributed by atoms with Gasteiger partial charge < -0.3 is 19.9 Å². The highest BCUT2D eigenvalue weighted by Gasteiger charge is 2.51. The first-order valence-corrected chi connectivity index (χ1v) is 12.9. The molecule has 0 aromatic heterocycles. The van der Waals surface area contributed by atoms with E-state index in [9.17, 15) is 40.7 Å². The van der Waals surface area contributed by atoms with Crippen molar-refractivity contribution < 1.29 is 50.1 Å². The maximum atomic E-state index is 13.5. The highest BCUT2D eigenvalue weighted by molar-refractivity contribution is 7.92. The van der Waals surface area contributed by atoms with Gasteiger partial charge in [-0.15, -0.1) is 0 Å². The lowest BCUT2D eigenvalue weighted by Gasteiger charge is -2.36. The summed E-state index contributed by atoms with van der Waals surface area (Å²) in [5.41, 5.74) is -4.69. The Balaban J connectivity index is 1.94. The smallest absolute Gasteiger partial charge is 0.427 e. The second-order valence-corrected chi connectivity index (χ2v) is 11.6. The summed E-state index contributed by atoms with van der Waals surface area (Å²) in [6.07, 6.45) is -7.21. The van der Waals surface area contributed by atoms with Crippen LogP contribution in [0.25, 0.3) is 0 Å². The van der Waals surface area contributed by atoms with E-state index in [4.69, 9.17) is 4.74 Å². The van der Waals surface area contributed by atoms with Crippen molar-refractivity contribution in [1.29, 1.82) is 0 Å². The van der Waals surface area contributed by atoms with Crippen molar-refractivity contribution in [1.82, 2.24) is 5.32 Å². The van der Waals surface area contributed by atoms with E-state index in [0.717, 1.165) is 34.6 Å². The number of alkyl halides is 3. The predicted octanol–water partition coefficient (Wildman–Crippen LogP) is 3.56. The number of hydrogen-bond acceptors (Lipinski definition) is 7. The fourth-order valence-corrected chi connectivity index (χ4v) is 4.81. The maximum absolute atomic E-state index is 13.5. The zero-order chi connectivity index (χ0) is 29.4. The number of rotatable bonds is 7. The number of aliphatic hydroxyl groups is 1. The van der Waals surface area contributed by atoms with E-state index >= 15 is 0 Å². The van der Waals surface area contributed by atoms with Gasteiger partial charge in [-0.05, 0) is 70.2 Å². The molecule has 0 aliphatic carbocycles. The molecule has 0 spiro atoms. The van der Waals surface area contributed by atoms with Gasteiger partial charge in [-0.1, -0.05) is 0 Å². The number of nitrogens with one attached hydrogen (secondary N) is 2. The summed E-state index contributed by atoms with van der Waals surface area (Å²) in [5, 5.41) is 14.4. The van der Waals surface area contributed by atoms with Gasteiger partial charge in [0.05, 0.1) is 23.7 Å². The number of nitrogens with zero attached hydrogens (tertiary/aromatic N) is 1. The molecule has 0 bridgehead atoms. The van der Waals surface area contributed by atoms with Crippen molar-refractivity contribution in [3.63, 3.8) is 0 Å². The molecule has 0 radical (unpaired) electrons. The van der Waals surface area contributed by atoms with Crippen LogP contribution >= 0.6 is 0 Å². The van der Waals surface area contributed by atoms with Crippen LogP contribution in [-0.2, 0) is 19.6 Å². The fourth-order valence-electron chi connectivity index (χ4n) is 3.31. The lowest BCUT2D eigenvalue weighted by Crippen LogP contribution is -2.51. The minimum atomic E-state index is -4.84. The number of carbonyl (C=O) groups is 2. The molecule has 0 unspecified atom stereocenters. The highest BCUT2D eigenvalue weighted by atomic mass is 32.2. The summed E-state index contributed by atoms with van der Waals surface area (Å²) < 4.78 is 90.9. The lowest BCUT2D eigenvalue weighted by molar-refractivity contribution is -0.242. The van der Waals surface area contributed by atoms with Crippen LogP contribution in [0.15, 0.2) is 47.4 Å². The number of benzene rings is 2. The summed E-state index contributed by atoms with van der Waals surface area (Å²) in [4.78, 5) is 24.0. The lowest BCUT2D eigenvalue weighted by atomic mass is 10.1. The topological polar surface area (TPSA) is 134 Å². The van der Waals surface area contributed by atoms with Crippen LogP contribution in [0.3, 0.4) is 0 Å². The maximum Gasteiger partial charge on any atom is 0.427 e. The summed E-state index contributed by atoms with van der Waals surface area (Å²) in [5.74, 6) is -1.40. The fraction of sp³-hybridized carbons (Fsp3) is 0.417. The van der Waals surface area contributed by atoms with E-state index < -0.39 is 51.3 Å². The van der Waals surface area contributed by atoms with Gasteiger partial charge in [0.2, 0.25) is 5.60 Å². The average molecular weight is 578 g/mol. The summed E-state index contributed by atoms with van der Waals surface area (Å²) in [6.45, 7) is 3.31. The molecule has 10 nitrogen and oxygen atoms in total. The largest absolute Gasteiger partial charge is 0.484 e. The molecule has 1 aliphatic rings. The van der Waals surface area contributed by atoms with Crippen LogP contribution in [0.2, 0.25) is 0 Å². The molecule has 1 aliphatic heterocycles. The molecule has 2 aromatic carbocycles. The second kappa shape index (κ2) is 10.5. The standard InChI is InChI=1S/C24H27F4N3O7S/c1-22(2,34)20(32)29-12-16-13-31(39(35,36)17-8-5-14(25)6-9-17)18-11-15(7-10-19(18)37-16)30-21(33)38-23(3,4)24(26,27)28/h5-11,16,34H,12-13H2,1-4H3,(H,29,32)(H,30,33)/t16-/m0/s1. The van der Waals surface area contributed by atoms with Gasteiger partial charge in [0.1, 0.15) is 23.3 Å². The van der Waals surface area contributed by atoms with E-state index in [1.54, 1.807) is 0 Å². The zero-order valence-electron chi connectivity index (χ0n) is 21.3. The number of sulfonamides is 1. The van der Waals surface area contributed by atoms with E-state index in [2.05, 4.69) is 15.4 Å². The van der Waals surface area contributed by atoms with Crippen molar-refractivity contribution in [3.05, 3.63) is 48.3 Å². The monoisotopic (exact) mass is 577 g/mol. The number of amides is 2. The quantitative estimate of drug-likeness (QED) is 0.429. The zero-order valence-corrected chi connectivity index (χ0v) is 22.1. The van der Waals surface area contributed by atoms with Crippen molar-refractivity contribution in [3.8, 4) is 5.75 Å². The second-order valence-electron chi connectivity index (χ2n) is 9.70. The Morgan fingerprint density at radius 2 is 1.72 bits per heavy atom. The number of ether oxygens (including phenoxy) is 2. The van der Waals surface area contributed by atoms with E-state index in [1.807, 2.05) is 0 Å². The molecule has 15 heteroatoms. The molecule has 39 heavy (non-hydrogen) atoms. The van der Waals surface area contributed by atoms with Gasteiger partial charge in [0, 0.05) is 5.69 Å². The van der Waals surface area contributed by atoms with Gasteiger partial charge in [-0.2, -0.15) is 13.2 Å². The molecular weight excluding hydrogens is 550 g/mol. The minimum Gasteiger partial charge on any atom is -0.484 e. The van der Waals surface area contributed by atoms with Gasteiger partial charge in [0.25, 0.3) is 15.9 Å². The Hall–Kier alpha value is -3.59. The summed E-state index contributed by atoms with van der Waals surface area (Å²) >= 11 is 0. The summed E-state index contributed by atoms with van der Waals surface area (Å²) in [7, 11) is -4.35. The summed E-state index contributed by atoms with van der Waals surface area (Å²) in [6, 6.07) is 7.67. The van der Waals surface area contributed by atoms with Crippen LogP contribution in [0.5, 0.6) is 5.75 Å². The normalized spacial score (nSPS) is 16.1. The van der Waals surface area contributed by atoms with Crippen molar-refractivity contribution in [2.45, 2.75) is 56.1 Å².